The highest BCUT2D eigenvalue weighted by Crippen LogP contribution is 2.49. The van der Waals surface area contributed by atoms with Gasteiger partial charge in [0.05, 0.1) is 21.3 Å². The largest absolute Gasteiger partial charge is 0.508 e. The van der Waals surface area contributed by atoms with Crippen LogP contribution >= 0.6 is 0 Å². The first-order valence-corrected chi connectivity index (χ1v) is 7.29. The Morgan fingerprint density at radius 1 is 0.913 bits per heavy atom. The van der Waals surface area contributed by atoms with E-state index in [2.05, 4.69) is 0 Å². The predicted molar refractivity (Wildman–Crippen MR) is 85.9 cm³/mol. The van der Waals surface area contributed by atoms with Gasteiger partial charge >= 0.3 is 0 Å². The Morgan fingerprint density at radius 3 is 2.30 bits per heavy atom. The van der Waals surface area contributed by atoms with Gasteiger partial charge in [-0.15, -0.1) is 0 Å². The van der Waals surface area contributed by atoms with Crippen LogP contribution in [-0.2, 0) is 6.42 Å². The summed E-state index contributed by atoms with van der Waals surface area (Å²) in [7, 11) is 4.67. The van der Waals surface area contributed by atoms with Crippen LogP contribution in [0.3, 0.4) is 0 Å². The summed E-state index contributed by atoms with van der Waals surface area (Å²) in [6.07, 6.45) is 0.933. The third-order valence-electron chi connectivity index (χ3n) is 4.11. The second-order valence-electron chi connectivity index (χ2n) is 5.33. The maximum absolute atomic E-state index is 12.4. The van der Waals surface area contributed by atoms with Crippen LogP contribution in [-0.4, -0.2) is 32.2 Å². The molecule has 5 heteroatoms. The quantitative estimate of drug-likeness (QED) is 0.942. The fourth-order valence-corrected chi connectivity index (χ4v) is 3.06. The van der Waals surface area contributed by atoms with E-state index < -0.39 is 0 Å². The SMILES string of the molecule is COc1cc2c(c(OC)c1OC)-c1ccc(O)cc1C(=O)CC2. The molecule has 0 fully saturated rings. The van der Waals surface area contributed by atoms with Crippen molar-refractivity contribution in [3.05, 3.63) is 35.4 Å². The van der Waals surface area contributed by atoms with Gasteiger partial charge in [0.15, 0.2) is 17.3 Å². The number of ketones is 1. The fourth-order valence-electron chi connectivity index (χ4n) is 3.06. The molecule has 0 atom stereocenters. The molecule has 0 heterocycles. The number of carbonyl (C=O) groups excluding carboxylic acids is 1. The van der Waals surface area contributed by atoms with Crippen molar-refractivity contribution in [3.63, 3.8) is 0 Å². The van der Waals surface area contributed by atoms with Crippen molar-refractivity contribution < 1.29 is 24.1 Å². The lowest BCUT2D eigenvalue weighted by Crippen LogP contribution is -2.00. The monoisotopic (exact) mass is 314 g/mol. The van der Waals surface area contributed by atoms with E-state index in [0.717, 1.165) is 16.7 Å². The van der Waals surface area contributed by atoms with Gasteiger partial charge in [0.1, 0.15) is 5.75 Å². The average Bonchev–Trinajstić information content (AvgIpc) is 2.70. The van der Waals surface area contributed by atoms with Crippen LogP contribution in [0.2, 0.25) is 0 Å². The van der Waals surface area contributed by atoms with Crippen LogP contribution in [0.4, 0.5) is 0 Å². The van der Waals surface area contributed by atoms with Gasteiger partial charge in [0, 0.05) is 17.5 Å². The Labute approximate surface area is 134 Å². The Balaban J connectivity index is 2.39. The molecule has 0 saturated heterocycles. The van der Waals surface area contributed by atoms with Crippen LogP contribution in [0, 0.1) is 0 Å². The summed E-state index contributed by atoms with van der Waals surface area (Å²) in [5, 5.41) is 9.73. The van der Waals surface area contributed by atoms with E-state index in [1.165, 1.54) is 6.07 Å². The number of phenols is 1. The van der Waals surface area contributed by atoms with E-state index in [1.807, 2.05) is 6.07 Å². The van der Waals surface area contributed by atoms with E-state index >= 15 is 0 Å². The van der Waals surface area contributed by atoms with E-state index in [-0.39, 0.29) is 11.5 Å². The number of methoxy groups -OCH3 is 3. The number of benzene rings is 2. The molecule has 0 bridgehead atoms. The van der Waals surface area contributed by atoms with E-state index in [9.17, 15) is 9.90 Å². The van der Waals surface area contributed by atoms with Crippen molar-refractivity contribution in [2.45, 2.75) is 12.8 Å². The van der Waals surface area contributed by atoms with Gasteiger partial charge in [-0.05, 0) is 41.8 Å². The van der Waals surface area contributed by atoms with Crippen molar-refractivity contribution in [3.8, 4) is 34.1 Å². The number of aromatic hydroxyl groups is 1. The second-order valence-corrected chi connectivity index (χ2v) is 5.33. The van der Waals surface area contributed by atoms with Gasteiger partial charge in [-0.1, -0.05) is 0 Å². The van der Waals surface area contributed by atoms with Crippen LogP contribution in [0.1, 0.15) is 22.3 Å². The van der Waals surface area contributed by atoms with Gasteiger partial charge in [-0.2, -0.15) is 0 Å². The molecule has 1 aliphatic rings. The van der Waals surface area contributed by atoms with E-state index in [4.69, 9.17) is 14.2 Å². The Morgan fingerprint density at radius 2 is 1.65 bits per heavy atom. The molecule has 1 aliphatic carbocycles. The molecule has 0 saturated carbocycles. The number of carbonyl (C=O) groups is 1. The van der Waals surface area contributed by atoms with Crippen LogP contribution in [0.5, 0.6) is 23.0 Å². The zero-order valence-corrected chi connectivity index (χ0v) is 13.3. The highest BCUT2D eigenvalue weighted by molar-refractivity contribution is 6.05. The number of phenolic OH excluding ortho intramolecular Hbond substituents is 1. The first kappa shape index (κ1) is 15.2. The maximum atomic E-state index is 12.4. The molecule has 0 aliphatic heterocycles. The summed E-state index contributed by atoms with van der Waals surface area (Å²) >= 11 is 0. The third-order valence-corrected chi connectivity index (χ3v) is 4.11. The van der Waals surface area contributed by atoms with Crippen molar-refractivity contribution in [2.75, 3.05) is 21.3 Å². The molecule has 0 aromatic heterocycles. The zero-order chi connectivity index (χ0) is 16.6. The number of hydrogen-bond acceptors (Lipinski definition) is 5. The predicted octanol–water partition coefficient (Wildman–Crippen LogP) is 3.21. The minimum Gasteiger partial charge on any atom is -0.508 e. The molecular formula is C18H18O5. The highest BCUT2D eigenvalue weighted by atomic mass is 16.5. The van der Waals surface area contributed by atoms with Crippen molar-refractivity contribution in [1.29, 1.82) is 0 Å². The van der Waals surface area contributed by atoms with Gasteiger partial charge in [0.2, 0.25) is 5.75 Å². The molecular weight excluding hydrogens is 296 g/mol. The molecule has 0 unspecified atom stereocenters. The summed E-state index contributed by atoms with van der Waals surface area (Å²) in [5.41, 5.74) is 3.00. The molecule has 0 amide bonds. The van der Waals surface area contributed by atoms with Crippen molar-refractivity contribution in [2.24, 2.45) is 0 Å². The summed E-state index contributed by atoms with van der Waals surface area (Å²) < 4.78 is 16.4. The van der Waals surface area contributed by atoms with E-state index in [0.29, 0.717) is 35.7 Å². The first-order chi connectivity index (χ1) is 11.1. The van der Waals surface area contributed by atoms with Crippen molar-refractivity contribution in [1.82, 2.24) is 0 Å². The minimum absolute atomic E-state index is 0.00733. The number of aryl methyl sites for hydroxylation is 1. The Bertz CT molecular complexity index is 779. The molecule has 120 valence electrons. The second kappa shape index (κ2) is 5.83. The molecule has 2 aromatic rings. The van der Waals surface area contributed by atoms with E-state index in [1.54, 1.807) is 33.5 Å². The van der Waals surface area contributed by atoms with Crippen molar-refractivity contribution >= 4 is 5.78 Å². The van der Waals surface area contributed by atoms with Gasteiger partial charge in [-0.3, -0.25) is 4.79 Å². The molecule has 5 nitrogen and oxygen atoms in total. The number of Topliss-reactive ketones (excluding diaryl/α,β-unsaturated/α-hetero) is 1. The molecule has 1 N–H and O–H groups in total. The smallest absolute Gasteiger partial charge is 0.203 e. The van der Waals surface area contributed by atoms with Crippen LogP contribution in [0.25, 0.3) is 11.1 Å². The number of fused-ring (bicyclic) bond motifs is 3. The normalized spacial score (nSPS) is 12.9. The first-order valence-electron chi connectivity index (χ1n) is 7.29. The Hall–Kier alpha value is -2.69. The Kier molecular flexibility index (Phi) is 3.86. The van der Waals surface area contributed by atoms with Gasteiger partial charge < -0.3 is 19.3 Å². The van der Waals surface area contributed by atoms with Crippen LogP contribution in [0.15, 0.2) is 24.3 Å². The lowest BCUT2D eigenvalue weighted by atomic mass is 9.94. The summed E-state index contributed by atoms with van der Waals surface area (Å²) in [6, 6.07) is 6.69. The molecule has 2 aromatic carbocycles. The molecule has 0 radical (unpaired) electrons. The van der Waals surface area contributed by atoms with Crippen LogP contribution < -0.4 is 14.2 Å². The van der Waals surface area contributed by atoms with Gasteiger partial charge in [-0.25, -0.2) is 0 Å². The molecule has 0 spiro atoms. The zero-order valence-electron chi connectivity index (χ0n) is 13.3. The minimum atomic E-state index is -0.00733. The standard InChI is InChI=1S/C18H18O5/c1-21-15-8-10-4-7-14(20)13-9-11(19)5-6-12(13)16(10)18(23-3)17(15)22-2/h5-6,8-9,19H,4,7H2,1-3H3. The maximum Gasteiger partial charge on any atom is 0.203 e. The fraction of sp³-hybridized carbons (Fsp3) is 0.278. The molecule has 23 heavy (non-hydrogen) atoms. The average molecular weight is 314 g/mol. The number of ether oxygens (including phenoxy) is 3. The summed E-state index contributed by atoms with van der Waals surface area (Å²) in [6.45, 7) is 0. The topological polar surface area (TPSA) is 65.0 Å². The summed E-state index contributed by atoms with van der Waals surface area (Å²) in [5.74, 6) is 1.65. The summed E-state index contributed by atoms with van der Waals surface area (Å²) in [4.78, 5) is 12.4. The number of rotatable bonds is 3. The highest BCUT2D eigenvalue weighted by Gasteiger charge is 2.27. The molecule has 3 rings (SSSR count). The lowest BCUT2D eigenvalue weighted by Gasteiger charge is -2.19. The number of hydrogen-bond donors (Lipinski definition) is 1. The lowest BCUT2D eigenvalue weighted by molar-refractivity contribution is 0.0984. The third kappa shape index (κ3) is 2.38. The van der Waals surface area contributed by atoms with Gasteiger partial charge in [0.25, 0.3) is 0 Å².